The Morgan fingerprint density at radius 3 is 0.719 bits per heavy atom. The molecule has 2 unspecified atom stereocenters. The molecule has 57 heavy (non-hydrogen) atoms. The summed E-state index contributed by atoms with van der Waals surface area (Å²) in [6.45, 7) is -6.86. The molecule has 0 amide bonds. The van der Waals surface area contributed by atoms with Gasteiger partial charge in [0.25, 0.3) is 0 Å². The predicted octanol–water partition coefficient (Wildman–Crippen LogP) is 4.21. The number of rotatable bonds is 18. The van der Waals surface area contributed by atoms with Crippen LogP contribution in [0, 0.1) is 21.7 Å². The number of phosphoric acid groups is 8. The zero-order valence-corrected chi connectivity index (χ0v) is 36.0. The van der Waals surface area contributed by atoms with Crippen molar-refractivity contribution < 1.29 is 132 Å². The van der Waals surface area contributed by atoms with Crippen LogP contribution in [0.2, 0.25) is 0 Å². The Kier molecular flexibility index (Phi) is 12.0. The van der Waals surface area contributed by atoms with Crippen LogP contribution in [0.3, 0.4) is 0 Å². The zero-order chi connectivity index (χ0) is 40.7. The van der Waals surface area contributed by atoms with Crippen molar-refractivity contribution in [2.24, 2.45) is 21.7 Å². The minimum absolute atomic E-state index is 0.322. The standard InChI is InChI=1S/C20H34O29P8/c21-50(22,48-56(29,43-13-17-1-31-52(25,32-2-17)33-3-17)44-14-18-4-34-53(26,35-5-18)36-6-18)47-51(23,24)49-57(30,45-15-19-7-37-54(27,38-8-19)39-9-19)46-16-20-10-40-55(28,41-11-20)42-12-20/h1-16H2,(H,21,22)(H,23,24). The maximum absolute atomic E-state index is 14.0. The molecule has 12 saturated heterocycles. The third-order valence-corrected chi connectivity index (χ3v) is 21.1. The van der Waals surface area contributed by atoms with E-state index in [2.05, 4.69) is 4.31 Å². The van der Waals surface area contributed by atoms with Crippen LogP contribution >= 0.6 is 62.6 Å². The molecule has 12 rings (SSSR count). The van der Waals surface area contributed by atoms with E-state index in [4.69, 9.17) is 81.0 Å². The fourth-order valence-corrected chi connectivity index (χ4v) is 18.0. The molecule has 0 aromatic heterocycles. The zero-order valence-electron chi connectivity index (χ0n) is 28.8. The van der Waals surface area contributed by atoms with Crippen molar-refractivity contribution in [3.05, 3.63) is 0 Å². The van der Waals surface area contributed by atoms with Crippen LogP contribution in [0.15, 0.2) is 0 Å². The summed E-state index contributed by atoms with van der Waals surface area (Å²) in [5.74, 6) is 0. The molecule has 0 spiro atoms. The van der Waals surface area contributed by atoms with Crippen LogP contribution in [-0.4, -0.2) is 115 Å². The molecule has 8 bridgehead atoms. The molecular weight excluding hydrogens is 952 g/mol. The van der Waals surface area contributed by atoms with Gasteiger partial charge in [-0.2, -0.15) is 12.9 Å². The van der Waals surface area contributed by atoms with Crippen molar-refractivity contribution in [1.82, 2.24) is 0 Å². The molecule has 2 N–H and O–H groups in total. The van der Waals surface area contributed by atoms with E-state index in [0.717, 1.165) is 0 Å². The molecule has 12 fully saturated rings. The molecule has 2 atom stereocenters. The summed E-state index contributed by atoms with van der Waals surface area (Å²) in [7, 11) is -38.6. The Labute approximate surface area is 321 Å². The van der Waals surface area contributed by atoms with E-state index in [9.17, 15) is 46.3 Å². The van der Waals surface area contributed by atoms with Crippen molar-refractivity contribution in [3.8, 4) is 0 Å². The maximum Gasteiger partial charge on any atom is 0.490 e. The van der Waals surface area contributed by atoms with Gasteiger partial charge in [0, 0.05) is 0 Å². The van der Waals surface area contributed by atoms with Crippen LogP contribution in [0.5, 0.6) is 0 Å². The van der Waals surface area contributed by atoms with Gasteiger partial charge in [0.15, 0.2) is 0 Å². The Bertz CT molecular complexity index is 1630. The monoisotopic (exact) mass is 986 g/mol. The van der Waals surface area contributed by atoms with Crippen molar-refractivity contribution in [1.29, 1.82) is 0 Å². The molecule has 328 valence electrons. The fourth-order valence-electron chi connectivity index (χ4n) is 5.48. The molecule has 12 aliphatic rings. The molecule has 29 nitrogen and oxygen atoms in total. The van der Waals surface area contributed by atoms with Crippen molar-refractivity contribution in [2.75, 3.05) is 106 Å². The third-order valence-electron chi connectivity index (χ3n) is 9.07. The quantitative estimate of drug-likeness (QED) is 0.182. The first-order chi connectivity index (χ1) is 26.4. The van der Waals surface area contributed by atoms with Gasteiger partial charge in [-0.15, -0.1) is 0 Å². The van der Waals surface area contributed by atoms with Gasteiger partial charge in [0.2, 0.25) is 0 Å². The van der Waals surface area contributed by atoms with Crippen LogP contribution < -0.4 is 0 Å². The second-order valence-electron chi connectivity index (χ2n) is 14.2. The Balaban J connectivity index is 0.972. The molecule has 0 aromatic rings. The lowest BCUT2D eigenvalue weighted by Gasteiger charge is -2.45. The van der Waals surface area contributed by atoms with Gasteiger partial charge in [-0.05, 0) is 0 Å². The molecule has 0 saturated carbocycles. The normalized spacial score (nSPS) is 46.5. The van der Waals surface area contributed by atoms with Gasteiger partial charge in [0.05, 0.1) is 127 Å². The summed E-state index contributed by atoms with van der Waals surface area (Å²) in [5.41, 5.74) is -5.26. The van der Waals surface area contributed by atoms with Gasteiger partial charge in [0.1, 0.15) is 0 Å². The largest absolute Gasteiger partial charge is 0.490 e. The number of phosphoric ester groups is 6. The highest BCUT2D eigenvalue weighted by Gasteiger charge is 2.58. The van der Waals surface area contributed by atoms with E-state index in [-0.39, 0.29) is 79.3 Å². The second kappa shape index (κ2) is 15.3. The van der Waals surface area contributed by atoms with Crippen LogP contribution in [0.4, 0.5) is 0 Å². The lowest BCUT2D eigenvalue weighted by atomic mass is 9.93. The highest BCUT2D eigenvalue weighted by Crippen LogP contribution is 2.75. The fraction of sp³-hybridized carbons (Fsp3) is 1.00. The van der Waals surface area contributed by atoms with E-state index in [0.29, 0.717) is 0 Å². The summed E-state index contributed by atoms with van der Waals surface area (Å²) in [4.78, 5) is 21.4. The maximum atomic E-state index is 14.0. The highest BCUT2D eigenvalue weighted by molar-refractivity contribution is 7.70. The Morgan fingerprint density at radius 1 is 0.368 bits per heavy atom. The van der Waals surface area contributed by atoms with E-state index >= 15 is 0 Å². The molecular formula is C20H34O29P8. The minimum atomic E-state index is -6.20. The molecule has 0 aromatic carbocycles. The summed E-state index contributed by atoms with van der Waals surface area (Å²) < 4.78 is 199. The molecule has 12 heterocycles. The van der Waals surface area contributed by atoms with Crippen molar-refractivity contribution >= 4 is 62.6 Å². The molecule has 37 heteroatoms. The molecule has 0 aliphatic carbocycles. The van der Waals surface area contributed by atoms with Crippen LogP contribution in [-0.2, 0) is 122 Å². The topological polar surface area (TPSA) is 352 Å². The minimum Gasteiger partial charge on any atom is -0.302 e. The average molecular weight is 986 g/mol. The van der Waals surface area contributed by atoms with Crippen molar-refractivity contribution in [3.63, 3.8) is 0 Å². The van der Waals surface area contributed by atoms with Crippen LogP contribution in [0.1, 0.15) is 0 Å². The average Bonchev–Trinajstić information content (AvgIpc) is 3.17. The second-order valence-corrected chi connectivity index (χ2v) is 27.6. The first-order valence-corrected chi connectivity index (χ1v) is 27.9. The van der Waals surface area contributed by atoms with Crippen LogP contribution in [0.25, 0.3) is 0 Å². The highest BCUT2D eigenvalue weighted by atomic mass is 31.3. The van der Waals surface area contributed by atoms with E-state index in [1.54, 1.807) is 0 Å². The summed E-state index contributed by atoms with van der Waals surface area (Å²) >= 11 is 0. The first kappa shape index (κ1) is 44.6. The van der Waals surface area contributed by atoms with Gasteiger partial charge < -0.3 is 9.79 Å². The number of fused-ring (bicyclic) bond motifs is 12. The number of hydrogen-bond acceptors (Lipinski definition) is 27. The molecule has 12 aliphatic heterocycles. The van der Waals surface area contributed by atoms with Gasteiger partial charge in [-0.25, -0.2) is 36.5 Å². The lowest BCUT2D eigenvalue weighted by molar-refractivity contribution is -0.122. The summed E-state index contributed by atoms with van der Waals surface area (Å²) in [5, 5.41) is 0. The summed E-state index contributed by atoms with van der Waals surface area (Å²) in [6, 6.07) is 0. The lowest BCUT2D eigenvalue weighted by Crippen LogP contribution is -2.48. The third kappa shape index (κ3) is 10.0. The Hall–Kier alpha value is 1.000. The van der Waals surface area contributed by atoms with Gasteiger partial charge in [-0.3, -0.25) is 72.4 Å². The van der Waals surface area contributed by atoms with E-state index in [1.807, 2.05) is 0 Å². The van der Waals surface area contributed by atoms with Crippen molar-refractivity contribution in [2.45, 2.75) is 0 Å². The SMILES string of the molecule is O=P(O)(OP(=O)(O)OP(=O)(OCC12COP(=O)(OC1)OC2)OCC12COP(=O)(OC1)OC2)OP(=O)(OCC12COP(=O)(OC1)OC2)OCC12COP(=O)(OC1)OC2. The molecule has 0 radical (unpaired) electrons. The number of hydrogen-bond donors (Lipinski definition) is 2. The van der Waals surface area contributed by atoms with Gasteiger partial charge >= 0.3 is 62.6 Å². The first-order valence-electron chi connectivity index (χ1n) is 16.2. The van der Waals surface area contributed by atoms with E-state index in [1.165, 1.54) is 0 Å². The summed E-state index contributed by atoms with van der Waals surface area (Å²) in [6.07, 6.45) is 0. The Morgan fingerprint density at radius 2 is 0.544 bits per heavy atom. The predicted molar refractivity (Wildman–Crippen MR) is 174 cm³/mol. The van der Waals surface area contributed by atoms with E-state index < -0.39 is 111 Å². The van der Waals surface area contributed by atoms with Gasteiger partial charge in [-0.1, -0.05) is 0 Å². The smallest absolute Gasteiger partial charge is 0.302 e.